The molecule has 1 aromatic carbocycles. The second-order valence-electron chi connectivity index (χ2n) is 7.41. The van der Waals surface area contributed by atoms with E-state index in [4.69, 9.17) is 4.74 Å². The molecule has 0 saturated heterocycles. The zero-order valence-corrected chi connectivity index (χ0v) is 16.0. The average molecular weight is 425 g/mol. The first-order valence-electron chi connectivity index (χ1n) is 9.26. The lowest BCUT2D eigenvalue weighted by molar-refractivity contribution is 0.0464. The summed E-state index contributed by atoms with van der Waals surface area (Å²) in [5, 5.41) is 4.59. The predicted octanol–water partition coefficient (Wildman–Crippen LogP) is 4.94. The zero-order chi connectivity index (χ0) is 21.7. The van der Waals surface area contributed by atoms with Crippen molar-refractivity contribution in [1.29, 1.82) is 0 Å². The molecule has 0 bridgehead atoms. The summed E-state index contributed by atoms with van der Waals surface area (Å²) in [5.74, 6) is -11.3. The summed E-state index contributed by atoms with van der Waals surface area (Å²) in [4.78, 5) is 17.2. The largest absolute Gasteiger partial charge is 0.457 e. The number of carbonyl (C=O) groups is 1. The Morgan fingerprint density at radius 3 is 2.27 bits per heavy atom. The number of halogens is 5. The third-order valence-corrected chi connectivity index (χ3v) is 4.94. The van der Waals surface area contributed by atoms with Gasteiger partial charge in [-0.15, -0.1) is 0 Å². The van der Waals surface area contributed by atoms with Gasteiger partial charge >= 0.3 is 5.97 Å². The number of esters is 1. The molecule has 158 valence electrons. The summed E-state index contributed by atoms with van der Waals surface area (Å²) >= 11 is 0. The van der Waals surface area contributed by atoms with Crippen LogP contribution in [0.25, 0.3) is 11.0 Å². The standard InChI is InChI=1S/C20H16F5N3O2/c1-8(2)28-19-11(6-26-28)10(5-13(27-19)9-3-4-9)20(29)30-7-12-14(21)16(23)18(25)17(24)15(12)22/h5-6,8-9H,3-4,7H2,1-2H3. The maximum atomic E-state index is 13.8. The highest BCUT2D eigenvalue weighted by Gasteiger charge is 2.30. The molecule has 1 fully saturated rings. The third kappa shape index (κ3) is 3.29. The number of ether oxygens (including phenoxy) is 1. The summed E-state index contributed by atoms with van der Waals surface area (Å²) in [6.07, 6.45) is 3.24. The summed E-state index contributed by atoms with van der Waals surface area (Å²) in [7, 11) is 0. The van der Waals surface area contributed by atoms with Gasteiger partial charge in [0.2, 0.25) is 5.82 Å². The lowest BCUT2D eigenvalue weighted by Gasteiger charge is -2.11. The van der Waals surface area contributed by atoms with Crippen molar-refractivity contribution < 1.29 is 31.5 Å². The molecule has 3 aromatic rings. The van der Waals surface area contributed by atoms with Crippen LogP contribution in [-0.4, -0.2) is 20.7 Å². The number of pyridine rings is 1. The number of fused-ring (bicyclic) bond motifs is 1. The first-order valence-corrected chi connectivity index (χ1v) is 9.26. The fourth-order valence-electron chi connectivity index (χ4n) is 3.16. The van der Waals surface area contributed by atoms with Gasteiger partial charge in [-0.05, 0) is 32.8 Å². The van der Waals surface area contributed by atoms with Gasteiger partial charge in [0.25, 0.3) is 0 Å². The van der Waals surface area contributed by atoms with Gasteiger partial charge < -0.3 is 4.74 Å². The van der Waals surface area contributed by atoms with Crippen molar-refractivity contribution in [1.82, 2.24) is 14.8 Å². The van der Waals surface area contributed by atoms with E-state index in [0.717, 1.165) is 12.8 Å². The van der Waals surface area contributed by atoms with E-state index in [2.05, 4.69) is 10.1 Å². The molecule has 4 rings (SSSR count). The molecule has 0 aliphatic heterocycles. The molecule has 0 spiro atoms. The van der Waals surface area contributed by atoms with Crippen LogP contribution in [0.15, 0.2) is 12.3 Å². The Bertz CT molecular complexity index is 1140. The van der Waals surface area contributed by atoms with Crippen molar-refractivity contribution in [2.24, 2.45) is 0 Å². The van der Waals surface area contributed by atoms with E-state index < -0.39 is 47.2 Å². The van der Waals surface area contributed by atoms with Crippen LogP contribution in [0.5, 0.6) is 0 Å². The number of hydrogen-bond acceptors (Lipinski definition) is 4. The molecule has 5 nitrogen and oxygen atoms in total. The van der Waals surface area contributed by atoms with Crippen LogP contribution in [-0.2, 0) is 11.3 Å². The van der Waals surface area contributed by atoms with Gasteiger partial charge in [0, 0.05) is 17.7 Å². The molecule has 0 atom stereocenters. The van der Waals surface area contributed by atoms with Crippen molar-refractivity contribution in [3.05, 3.63) is 58.2 Å². The first kappa shape index (κ1) is 20.2. The van der Waals surface area contributed by atoms with Gasteiger partial charge in [0.05, 0.1) is 22.7 Å². The zero-order valence-electron chi connectivity index (χ0n) is 16.0. The molecule has 10 heteroatoms. The molecular weight excluding hydrogens is 409 g/mol. The highest BCUT2D eigenvalue weighted by Crippen LogP contribution is 2.40. The lowest BCUT2D eigenvalue weighted by atomic mass is 10.1. The summed E-state index contributed by atoms with van der Waals surface area (Å²) in [6, 6.07) is 1.48. The van der Waals surface area contributed by atoms with Crippen LogP contribution >= 0.6 is 0 Å². The van der Waals surface area contributed by atoms with Crippen LogP contribution in [0.2, 0.25) is 0 Å². The topological polar surface area (TPSA) is 57.0 Å². The van der Waals surface area contributed by atoms with Gasteiger partial charge in [0.1, 0.15) is 6.61 Å². The molecule has 0 amide bonds. The van der Waals surface area contributed by atoms with Crippen molar-refractivity contribution in [3.8, 4) is 0 Å². The van der Waals surface area contributed by atoms with E-state index in [9.17, 15) is 26.7 Å². The van der Waals surface area contributed by atoms with Crippen LogP contribution in [0, 0.1) is 29.1 Å². The molecular formula is C20H16F5N3O2. The Labute approximate surface area is 167 Å². The molecule has 0 unspecified atom stereocenters. The molecule has 1 aliphatic carbocycles. The molecule has 1 saturated carbocycles. The second-order valence-corrected chi connectivity index (χ2v) is 7.41. The monoisotopic (exact) mass is 425 g/mol. The maximum Gasteiger partial charge on any atom is 0.339 e. The van der Waals surface area contributed by atoms with Gasteiger partial charge in [-0.25, -0.2) is 36.4 Å². The maximum absolute atomic E-state index is 13.8. The van der Waals surface area contributed by atoms with E-state index in [0.29, 0.717) is 16.7 Å². The number of carbonyl (C=O) groups excluding carboxylic acids is 1. The van der Waals surface area contributed by atoms with Crippen molar-refractivity contribution in [3.63, 3.8) is 0 Å². The van der Waals surface area contributed by atoms with Crippen LogP contribution in [0.1, 0.15) is 60.3 Å². The molecule has 0 N–H and O–H groups in total. The van der Waals surface area contributed by atoms with Crippen molar-refractivity contribution in [2.45, 2.75) is 45.3 Å². The Balaban J connectivity index is 1.69. The van der Waals surface area contributed by atoms with Gasteiger partial charge in [-0.2, -0.15) is 5.10 Å². The Kier molecular flexibility index (Phi) is 4.95. The van der Waals surface area contributed by atoms with E-state index in [1.807, 2.05) is 13.8 Å². The third-order valence-electron chi connectivity index (χ3n) is 4.94. The minimum absolute atomic E-state index is 0.0401. The smallest absolute Gasteiger partial charge is 0.339 e. The highest BCUT2D eigenvalue weighted by molar-refractivity contribution is 6.02. The highest BCUT2D eigenvalue weighted by atomic mass is 19.2. The molecule has 30 heavy (non-hydrogen) atoms. The SMILES string of the molecule is CC(C)n1ncc2c(C(=O)OCc3c(F)c(F)c(F)c(F)c3F)cc(C3CC3)nc21. The Morgan fingerprint density at radius 1 is 1.10 bits per heavy atom. The number of nitrogens with zero attached hydrogens (tertiary/aromatic N) is 3. The van der Waals surface area contributed by atoms with Gasteiger partial charge in [0.15, 0.2) is 28.9 Å². The lowest BCUT2D eigenvalue weighted by Crippen LogP contribution is -2.13. The molecule has 2 heterocycles. The average Bonchev–Trinajstić information content (AvgIpc) is 3.48. The Morgan fingerprint density at radius 2 is 1.70 bits per heavy atom. The minimum Gasteiger partial charge on any atom is -0.457 e. The molecule has 2 aromatic heterocycles. The van der Waals surface area contributed by atoms with E-state index in [-0.39, 0.29) is 17.5 Å². The van der Waals surface area contributed by atoms with E-state index in [1.165, 1.54) is 12.3 Å². The van der Waals surface area contributed by atoms with Gasteiger partial charge in [-0.1, -0.05) is 0 Å². The fourth-order valence-corrected chi connectivity index (χ4v) is 3.16. The minimum atomic E-state index is -2.27. The number of rotatable bonds is 5. The number of benzene rings is 1. The summed E-state index contributed by atoms with van der Waals surface area (Å²) in [5.41, 5.74) is -0.0336. The van der Waals surface area contributed by atoms with Crippen molar-refractivity contribution >= 4 is 17.0 Å². The Hall–Kier alpha value is -3.04. The van der Waals surface area contributed by atoms with Crippen molar-refractivity contribution in [2.75, 3.05) is 0 Å². The predicted molar refractivity (Wildman–Crippen MR) is 95.2 cm³/mol. The van der Waals surface area contributed by atoms with E-state index in [1.54, 1.807) is 4.68 Å². The first-order chi connectivity index (χ1) is 14.2. The van der Waals surface area contributed by atoms with Crippen LogP contribution < -0.4 is 0 Å². The van der Waals surface area contributed by atoms with Crippen LogP contribution in [0.4, 0.5) is 22.0 Å². The summed E-state index contributed by atoms with van der Waals surface area (Å²) in [6.45, 7) is 2.66. The van der Waals surface area contributed by atoms with Gasteiger partial charge in [-0.3, -0.25) is 0 Å². The second kappa shape index (κ2) is 7.33. The fraction of sp³-hybridized carbons (Fsp3) is 0.350. The van der Waals surface area contributed by atoms with Crippen LogP contribution in [0.3, 0.4) is 0 Å². The molecule has 1 aliphatic rings. The normalized spacial score (nSPS) is 14.0. The van der Waals surface area contributed by atoms with E-state index >= 15 is 0 Å². The summed E-state index contributed by atoms with van der Waals surface area (Å²) < 4.78 is 74.1. The number of hydrogen-bond donors (Lipinski definition) is 0. The number of aromatic nitrogens is 3. The molecule has 0 radical (unpaired) electrons. The quantitative estimate of drug-likeness (QED) is 0.251.